The average Bonchev–Trinajstić information content (AvgIpc) is 2.82. The number of ether oxygens (including phenoxy) is 4. The van der Waals surface area contributed by atoms with Gasteiger partial charge in [-0.3, -0.25) is 9.59 Å². The van der Waals surface area contributed by atoms with E-state index in [9.17, 15) is 19.5 Å². The molecule has 2 rings (SSSR count). The largest absolute Gasteiger partial charge is 0.503 e. The van der Waals surface area contributed by atoms with Crippen LogP contribution < -0.4 is 10.1 Å². The molecule has 1 aromatic heterocycles. The Morgan fingerprint density at radius 3 is 2.70 bits per heavy atom. The molecule has 1 aromatic rings. The summed E-state index contributed by atoms with van der Waals surface area (Å²) in [7, 11) is 1.35. The number of unbranched alkanes of at least 4 members (excludes halogenated alkanes) is 1. The van der Waals surface area contributed by atoms with Crippen LogP contribution in [0.3, 0.4) is 0 Å². The van der Waals surface area contributed by atoms with E-state index in [4.69, 9.17) is 18.9 Å². The molecule has 1 fully saturated rings. The Morgan fingerprint density at radius 2 is 2.06 bits per heavy atom. The molecule has 184 valence electrons. The molecule has 33 heavy (non-hydrogen) atoms. The molecular formula is C23H34N2O8. The van der Waals surface area contributed by atoms with Crippen LogP contribution >= 0.6 is 0 Å². The highest BCUT2D eigenvalue weighted by Crippen LogP contribution is 2.28. The zero-order valence-electron chi connectivity index (χ0n) is 19.8. The van der Waals surface area contributed by atoms with E-state index in [1.165, 1.54) is 19.4 Å². The molecule has 1 aliphatic rings. The normalized spacial score (nSPS) is 23.6. The lowest BCUT2D eigenvalue weighted by Crippen LogP contribution is -2.46. The summed E-state index contributed by atoms with van der Waals surface area (Å²) in [5, 5.41) is 12.7. The van der Waals surface area contributed by atoms with Gasteiger partial charge in [-0.2, -0.15) is 0 Å². The number of nitrogens with one attached hydrogen (secondary N) is 1. The van der Waals surface area contributed by atoms with Gasteiger partial charge >= 0.3 is 11.9 Å². The van der Waals surface area contributed by atoms with Crippen molar-refractivity contribution in [1.29, 1.82) is 0 Å². The summed E-state index contributed by atoms with van der Waals surface area (Å²) in [6.45, 7) is 7.15. The van der Waals surface area contributed by atoms with Crippen molar-refractivity contribution in [2.24, 2.45) is 11.8 Å². The molecule has 0 aliphatic carbocycles. The number of carbonyl (C=O) groups excluding carboxylic acids is 3. The Morgan fingerprint density at radius 1 is 1.33 bits per heavy atom. The van der Waals surface area contributed by atoms with Crippen LogP contribution in [0.15, 0.2) is 12.3 Å². The van der Waals surface area contributed by atoms with Crippen LogP contribution in [0.1, 0.15) is 57.4 Å². The third-order valence-electron chi connectivity index (χ3n) is 5.49. The maximum absolute atomic E-state index is 12.8. The molecule has 4 atom stereocenters. The minimum atomic E-state index is -1.14. The number of nitrogens with zero attached hydrogens (tertiary/aromatic N) is 1. The first-order valence-corrected chi connectivity index (χ1v) is 11.2. The molecule has 0 saturated carbocycles. The van der Waals surface area contributed by atoms with Crippen molar-refractivity contribution in [3.8, 4) is 11.5 Å². The highest BCUT2D eigenvalue weighted by molar-refractivity contribution is 5.98. The molecule has 10 heteroatoms. The Labute approximate surface area is 193 Å². The van der Waals surface area contributed by atoms with Crippen molar-refractivity contribution >= 4 is 17.8 Å². The quantitative estimate of drug-likeness (QED) is 0.553. The molecule has 0 bridgehead atoms. The van der Waals surface area contributed by atoms with Crippen LogP contribution in [0.4, 0.5) is 0 Å². The second kappa shape index (κ2) is 12.4. The zero-order chi connectivity index (χ0) is 24.5. The fourth-order valence-corrected chi connectivity index (χ4v) is 3.51. The topological polar surface area (TPSA) is 133 Å². The average molecular weight is 467 g/mol. The molecule has 4 unspecified atom stereocenters. The van der Waals surface area contributed by atoms with Crippen LogP contribution in [0, 0.1) is 11.8 Å². The predicted molar refractivity (Wildman–Crippen MR) is 118 cm³/mol. The maximum atomic E-state index is 12.8. The smallest absolute Gasteiger partial charge is 0.331 e. The van der Waals surface area contributed by atoms with Crippen LogP contribution in [0.5, 0.6) is 11.5 Å². The van der Waals surface area contributed by atoms with Crippen LogP contribution in [0.2, 0.25) is 0 Å². The van der Waals surface area contributed by atoms with Crippen LogP contribution in [0.25, 0.3) is 0 Å². The number of aromatic nitrogens is 1. The van der Waals surface area contributed by atoms with Crippen molar-refractivity contribution in [2.75, 3.05) is 20.3 Å². The number of rotatable bonds is 8. The van der Waals surface area contributed by atoms with Crippen LogP contribution in [-0.2, 0) is 23.8 Å². The fourth-order valence-electron chi connectivity index (χ4n) is 3.51. The molecule has 0 spiro atoms. The van der Waals surface area contributed by atoms with Gasteiger partial charge < -0.3 is 29.4 Å². The Bertz CT molecular complexity index is 829. The lowest BCUT2D eigenvalue weighted by atomic mass is 9.91. The van der Waals surface area contributed by atoms with Gasteiger partial charge in [-0.1, -0.05) is 33.6 Å². The van der Waals surface area contributed by atoms with Gasteiger partial charge in [0, 0.05) is 18.2 Å². The minimum absolute atomic E-state index is 0.0584. The lowest BCUT2D eigenvalue weighted by molar-refractivity contribution is -0.165. The number of pyridine rings is 1. The van der Waals surface area contributed by atoms with E-state index in [2.05, 4.69) is 10.3 Å². The van der Waals surface area contributed by atoms with Crippen molar-refractivity contribution in [3.05, 3.63) is 18.0 Å². The van der Waals surface area contributed by atoms with Gasteiger partial charge in [0.05, 0.1) is 26.2 Å². The Hall–Kier alpha value is -2.88. The third-order valence-corrected chi connectivity index (χ3v) is 5.49. The minimum Gasteiger partial charge on any atom is -0.503 e. The number of methoxy groups -OCH3 is 1. The molecule has 1 amide bonds. The van der Waals surface area contributed by atoms with E-state index in [1.54, 1.807) is 20.8 Å². The Kier molecular flexibility index (Phi) is 9.90. The molecule has 2 N–H and O–H groups in total. The van der Waals surface area contributed by atoms with Gasteiger partial charge in [0.25, 0.3) is 5.91 Å². The molecule has 2 heterocycles. The van der Waals surface area contributed by atoms with E-state index in [0.717, 1.165) is 12.8 Å². The standard InChI is InChI=1S/C23H34N2O8/c1-6-7-8-15-14(4)32-23(29)16(11-31-12-18(15)33-22(28)13(2)3)25-21(27)19-20(26)17(30-5)9-10-24-19/h9-10,13-16,18,26H,6-8,11-12H2,1-5H3,(H,25,27). The highest BCUT2D eigenvalue weighted by atomic mass is 16.6. The predicted octanol–water partition coefficient (Wildman–Crippen LogP) is 2.23. The van der Waals surface area contributed by atoms with Gasteiger partial charge in [-0.25, -0.2) is 9.78 Å². The van der Waals surface area contributed by atoms with Gasteiger partial charge in [0.1, 0.15) is 12.2 Å². The van der Waals surface area contributed by atoms with Gasteiger partial charge in [0.2, 0.25) is 0 Å². The molecule has 10 nitrogen and oxygen atoms in total. The summed E-state index contributed by atoms with van der Waals surface area (Å²) in [6, 6.07) is 0.263. The first-order chi connectivity index (χ1) is 15.7. The third kappa shape index (κ3) is 7.05. The van der Waals surface area contributed by atoms with E-state index >= 15 is 0 Å². The number of carbonyl (C=O) groups is 3. The summed E-state index contributed by atoms with van der Waals surface area (Å²) < 4.78 is 22.0. The van der Waals surface area contributed by atoms with Gasteiger partial charge in [-0.15, -0.1) is 0 Å². The Balaban J connectivity index is 2.20. The van der Waals surface area contributed by atoms with E-state index in [-0.39, 0.29) is 42.5 Å². The van der Waals surface area contributed by atoms with Crippen LogP contribution in [-0.4, -0.2) is 66.5 Å². The lowest BCUT2D eigenvalue weighted by Gasteiger charge is -2.30. The van der Waals surface area contributed by atoms with Crippen molar-refractivity contribution < 1.29 is 38.4 Å². The SMILES string of the molecule is CCCCC1C(C)OC(=O)C(NC(=O)c2nccc(OC)c2O)COCC1OC(=O)C(C)C. The number of hydrogen-bond donors (Lipinski definition) is 2. The summed E-state index contributed by atoms with van der Waals surface area (Å²) in [5.41, 5.74) is -0.292. The monoisotopic (exact) mass is 466 g/mol. The first kappa shape index (κ1) is 26.4. The number of esters is 2. The molecular weight excluding hydrogens is 432 g/mol. The van der Waals surface area contributed by atoms with E-state index in [0.29, 0.717) is 6.42 Å². The number of aromatic hydroxyl groups is 1. The van der Waals surface area contributed by atoms with Gasteiger partial charge in [-0.05, 0) is 13.3 Å². The summed E-state index contributed by atoms with van der Waals surface area (Å²) >= 11 is 0. The number of cyclic esters (lactones) is 1. The summed E-state index contributed by atoms with van der Waals surface area (Å²) in [5.74, 6) is -2.75. The maximum Gasteiger partial charge on any atom is 0.331 e. The molecule has 0 radical (unpaired) electrons. The summed E-state index contributed by atoms with van der Waals surface area (Å²) in [6.07, 6.45) is 2.62. The molecule has 1 saturated heterocycles. The van der Waals surface area contributed by atoms with Gasteiger partial charge in [0.15, 0.2) is 23.2 Å². The molecule has 1 aliphatic heterocycles. The van der Waals surface area contributed by atoms with Crippen molar-refractivity contribution in [2.45, 2.75) is 65.2 Å². The number of amides is 1. The highest BCUT2D eigenvalue weighted by Gasteiger charge is 2.37. The van der Waals surface area contributed by atoms with Crippen molar-refractivity contribution in [3.63, 3.8) is 0 Å². The zero-order valence-corrected chi connectivity index (χ0v) is 19.8. The fraction of sp³-hybridized carbons (Fsp3) is 0.652. The van der Waals surface area contributed by atoms with E-state index < -0.39 is 35.9 Å². The number of hydrogen-bond acceptors (Lipinski definition) is 9. The van der Waals surface area contributed by atoms with E-state index in [1.807, 2.05) is 6.92 Å². The molecule has 0 aromatic carbocycles. The summed E-state index contributed by atoms with van der Waals surface area (Å²) in [4.78, 5) is 41.6. The second-order valence-electron chi connectivity index (χ2n) is 8.35. The first-order valence-electron chi connectivity index (χ1n) is 11.2. The van der Waals surface area contributed by atoms with Crippen molar-refractivity contribution in [1.82, 2.24) is 10.3 Å². The second-order valence-corrected chi connectivity index (χ2v) is 8.35.